The third kappa shape index (κ3) is 2.37. The van der Waals surface area contributed by atoms with Crippen LogP contribution in [0.4, 0.5) is 0 Å². The number of benzene rings is 1. The van der Waals surface area contributed by atoms with Crippen molar-refractivity contribution in [2.75, 3.05) is 0 Å². The second-order valence-corrected chi connectivity index (χ2v) is 4.16. The van der Waals surface area contributed by atoms with Gasteiger partial charge in [-0.2, -0.15) is 5.10 Å². The SMILES string of the molecule is O=Cc1ccc(Cl)cc1Sc1ncn[nH]1. The Morgan fingerprint density at radius 3 is 3.00 bits per heavy atom. The van der Waals surface area contributed by atoms with Crippen molar-refractivity contribution in [2.24, 2.45) is 0 Å². The standard InChI is InChI=1S/C9H6ClN3OS/c10-7-2-1-6(4-14)8(3-7)15-9-11-5-12-13-9/h1-5H,(H,11,12,13). The summed E-state index contributed by atoms with van der Waals surface area (Å²) in [5.74, 6) is 0. The van der Waals surface area contributed by atoms with Gasteiger partial charge in [-0.1, -0.05) is 11.6 Å². The minimum absolute atomic E-state index is 0.584. The van der Waals surface area contributed by atoms with Crippen molar-refractivity contribution in [1.29, 1.82) is 0 Å². The maximum Gasteiger partial charge on any atom is 0.188 e. The van der Waals surface area contributed by atoms with Crippen molar-refractivity contribution >= 4 is 29.6 Å². The molecule has 0 aliphatic heterocycles. The molecule has 0 radical (unpaired) electrons. The van der Waals surface area contributed by atoms with E-state index in [0.717, 1.165) is 11.2 Å². The van der Waals surface area contributed by atoms with E-state index in [2.05, 4.69) is 15.2 Å². The van der Waals surface area contributed by atoms with E-state index in [1.807, 2.05) is 0 Å². The summed E-state index contributed by atoms with van der Waals surface area (Å²) in [4.78, 5) is 15.5. The molecule has 6 heteroatoms. The molecule has 0 unspecified atom stereocenters. The number of aromatic amines is 1. The van der Waals surface area contributed by atoms with Gasteiger partial charge in [0.25, 0.3) is 0 Å². The van der Waals surface area contributed by atoms with Crippen LogP contribution in [0.25, 0.3) is 0 Å². The summed E-state index contributed by atoms with van der Waals surface area (Å²) < 4.78 is 0. The Hall–Kier alpha value is -1.33. The van der Waals surface area contributed by atoms with Crippen molar-refractivity contribution in [3.63, 3.8) is 0 Å². The van der Waals surface area contributed by atoms with E-state index in [1.54, 1.807) is 18.2 Å². The average Bonchev–Trinajstić information content (AvgIpc) is 2.71. The molecule has 0 spiro atoms. The molecule has 76 valence electrons. The van der Waals surface area contributed by atoms with Gasteiger partial charge in [0, 0.05) is 15.5 Å². The third-order valence-electron chi connectivity index (χ3n) is 1.70. The number of halogens is 1. The second kappa shape index (κ2) is 4.46. The number of nitrogens with zero attached hydrogens (tertiary/aromatic N) is 2. The lowest BCUT2D eigenvalue weighted by Gasteiger charge is -2.01. The number of hydrogen-bond donors (Lipinski definition) is 1. The van der Waals surface area contributed by atoms with Crippen molar-refractivity contribution in [1.82, 2.24) is 15.2 Å². The Balaban J connectivity index is 2.34. The van der Waals surface area contributed by atoms with Gasteiger partial charge in [0.15, 0.2) is 11.4 Å². The number of carbonyl (C=O) groups is 1. The Morgan fingerprint density at radius 2 is 2.33 bits per heavy atom. The monoisotopic (exact) mass is 239 g/mol. The van der Waals surface area contributed by atoms with Crippen LogP contribution in [0.1, 0.15) is 10.4 Å². The molecule has 4 nitrogen and oxygen atoms in total. The molecular formula is C9H6ClN3OS. The van der Waals surface area contributed by atoms with Crippen LogP contribution < -0.4 is 0 Å². The first kappa shape index (κ1) is 10.2. The number of H-pyrrole nitrogens is 1. The highest BCUT2D eigenvalue weighted by atomic mass is 35.5. The lowest BCUT2D eigenvalue weighted by atomic mass is 10.2. The Labute approximate surface area is 95.1 Å². The van der Waals surface area contributed by atoms with Crippen LogP contribution in [-0.2, 0) is 0 Å². The van der Waals surface area contributed by atoms with E-state index >= 15 is 0 Å². The molecule has 1 heterocycles. The predicted molar refractivity (Wildman–Crippen MR) is 57.3 cm³/mol. The number of hydrogen-bond acceptors (Lipinski definition) is 4. The molecule has 0 amide bonds. The highest BCUT2D eigenvalue weighted by Gasteiger charge is 2.06. The van der Waals surface area contributed by atoms with Gasteiger partial charge in [-0.25, -0.2) is 4.98 Å². The smallest absolute Gasteiger partial charge is 0.188 e. The first-order valence-electron chi connectivity index (χ1n) is 4.07. The van der Waals surface area contributed by atoms with E-state index in [-0.39, 0.29) is 0 Å². The van der Waals surface area contributed by atoms with E-state index < -0.39 is 0 Å². The highest BCUT2D eigenvalue weighted by molar-refractivity contribution is 7.99. The van der Waals surface area contributed by atoms with Gasteiger partial charge in [-0.15, -0.1) is 0 Å². The maximum absolute atomic E-state index is 10.8. The zero-order valence-electron chi connectivity index (χ0n) is 7.48. The molecule has 1 N–H and O–H groups in total. The summed E-state index contributed by atoms with van der Waals surface area (Å²) in [5.41, 5.74) is 0.584. The summed E-state index contributed by atoms with van der Waals surface area (Å²) in [6.07, 6.45) is 2.20. The Kier molecular flexibility index (Phi) is 3.03. The minimum atomic E-state index is 0.584. The fourth-order valence-electron chi connectivity index (χ4n) is 1.04. The molecule has 1 aromatic heterocycles. The van der Waals surface area contributed by atoms with Gasteiger partial charge in [0.2, 0.25) is 0 Å². The maximum atomic E-state index is 10.8. The van der Waals surface area contributed by atoms with E-state index in [0.29, 0.717) is 15.7 Å². The fraction of sp³-hybridized carbons (Fsp3) is 0. The zero-order valence-corrected chi connectivity index (χ0v) is 9.05. The quantitative estimate of drug-likeness (QED) is 0.836. The van der Waals surface area contributed by atoms with E-state index in [4.69, 9.17) is 11.6 Å². The summed E-state index contributed by atoms with van der Waals surface area (Å²) in [6, 6.07) is 5.07. The molecule has 0 aliphatic carbocycles. The molecule has 2 aromatic rings. The number of aldehydes is 1. The average molecular weight is 240 g/mol. The second-order valence-electron chi connectivity index (χ2n) is 2.69. The van der Waals surface area contributed by atoms with Crippen LogP contribution in [0.2, 0.25) is 5.02 Å². The number of rotatable bonds is 3. The fourth-order valence-corrected chi connectivity index (χ4v) is 2.10. The molecular weight excluding hydrogens is 234 g/mol. The topological polar surface area (TPSA) is 58.6 Å². The molecule has 1 aromatic carbocycles. The van der Waals surface area contributed by atoms with Crippen molar-refractivity contribution in [2.45, 2.75) is 10.1 Å². The first-order valence-corrected chi connectivity index (χ1v) is 5.27. The Morgan fingerprint density at radius 1 is 1.47 bits per heavy atom. The molecule has 0 saturated heterocycles. The van der Waals surface area contributed by atoms with Gasteiger partial charge in [-0.3, -0.25) is 9.89 Å². The molecule has 0 fully saturated rings. The van der Waals surface area contributed by atoms with Crippen LogP contribution in [0, 0.1) is 0 Å². The molecule has 15 heavy (non-hydrogen) atoms. The van der Waals surface area contributed by atoms with Crippen molar-refractivity contribution < 1.29 is 4.79 Å². The van der Waals surface area contributed by atoms with Gasteiger partial charge in [-0.05, 0) is 30.0 Å². The predicted octanol–water partition coefficient (Wildman–Crippen LogP) is 2.42. The lowest BCUT2D eigenvalue weighted by Crippen LogP contribution is -1.85. The molecule has 0 aliphatic rings. The number of nitrogens with one attached hydrogen (secondary N) is 1. The van der Waals surface area contributed by atoms with Gasteiger partial charge < -0.3 is 0 Å². The summed E-state index contributed by atoms with van der Waals surface area (Å²) in [7, 11) is 0. The minimum Gasteiger partial charge on any atom is -0.298 e. The van der Waals surface area contributed by atoms with Gasteiger partial charge in [0.1, 0.15) is 6.33 Å². The van der Waals surface area contributed by atoms with Gasteiger partial charge >= 0.3 is 0 Å². The molecule has 2 rings (SSSR count). The van der Waals surface area contributed by atoms with Crippen molar-refractivity contribution in [3.8, 4) is 0 Å². The number of carbonyl (C=O) groups excluding carboxylic acids is 1. The third-order valence-corrected chi connectivity index (χ3v) is 2.90. The number of aromatic nitrogens is 3. The van der Waals surface area contributed by atoms with E-state index in [9.17, 15) is 4.79 Å². The summed E-state index contributed by atoms with van der Waals surface area (Å²) >= 11 is 7.15. The summed E-state index contributed by atoms with van der Waals surface area (Å²) in [6.45, 7) is 0. The normalized spacial score (nSPS) is 10.2. The molecule has 0 bridgehead atoms. The van der Waals surface area contributed by atoms with Crippen molar-refractivity contribution in [3.05, 3.63) is 35.1 Å². The van der Waals surface area contributed by atoms with Gasteiger partial charge in [0.05, 0.1) is 0 Å². The molecule has 0 atom stereocenters. The van der Waals surface area contributed by atoms with Crippen LogP contribution in [0.15, 0.2) is 34.6 Å². The summed E-state index contributed by atoms with van der Waals surface area (Å²) in [5, 5.41) is 7.63. The van der Waals surface area contributed by atoms with E-state index in [1.165, 1.54) is 18.1 Å². The van der Waals surface area contributed by atoms with Crippen LogP contribution >= 0.6 is 23.4 Å². The first-order chi connectivity index (χ1) is 7.29. The lowest BCUT2D eigenvalue weighted by molar-refractivity contribution is 0.112. The highest BCUT2D eigenvalue weighted by Crippen LogP contribution is 2.29. The largest absolute Gasteiger partial charge is 0.298 e. The van der Waals surface area contributed by atoms with Crippen LogP contribution in [0.5, 0.6) is 0 Å². The Bertz CT molecular complexity index is 472. The van der Waals surface area contributed by atoms with Crippen LogP contribution in [0.3, 0.4) is 0 Å². The molecule has 0 saturated carbocycles. The zero-order chi connectivity index (χ0) is 10.7. The van der Waals surface area contributed by atoms with Crippen LogP contribution in [-0.4, -0.2) is 21.5 Å².